The largest absolute Gasteiger partial charge is 0.465 e. The molecule has 0 spiro atoms. The number of carbonyl (C=O) groups is 1. The zero-order chi connectivity index (χ0) is 15.5. The minimum Gasteiger partial charge on any atom is -0.465 e. The van der Waals surface area contributed by atoms with Crippen LogP contribution in [0.4, 0.5) is 0 Å². The van der Waals surface area contributed by atoms with Crippen molar-refractivity contribution in [1.82, 2.24) is 15.1 Å². The quantitative estimate of drug-likeness (QED) is 0.709. The van der Waals surface area contributed by atoms with E-state index in [1.807, 2.05) is 14.0 Å². The zero-order valence-corrected chi connectivity index (χ0v) is 14.0. The Morgan fingerprint density at radius 1 is 1.29 bits per heavy atom. The molecule has 1 heterocycles. The summed E-state index contributed by atoms with van der Waals surface area (Å²) in [5.74, 6) is 0.367. The summed E-state index contributed by atoms with van der Waals surface area (Å²) in [4.78, 5) is 17.4. The van der Waals surface area contributed by atoms with Crippen LogP contribution in [-0.4, -0.2) is 73.7 Å². The minimum atomic E-state index is -0.504. The molecule has 1 aliphatic carbocycles. The van der Waals surface area contributed by atoms with E-state index in [-0.39, 0.29) is 5.97 Å². The summed E-state index contributed by atoms with van der Waals surface area (Å²) in [5.41, 5.74) is -0.504. The van der Waals surface area contributed by atoms with Crippen molar-refractivity contribution in [2.24, 2.45) is 5.92 Å². The summed E-state index contributed by atoms with van der Waals surface area (Å²) < 4.78 is 5.36. The Morgan fingerprint density at radius 3 is 2.33 bits per heavy atom. The van der Waals surface area contributed by atoms with E-state index in [0.717, 1.165) is 45.6 Å². The predicted octanol–water partition coefficient (Wildman–Crippen LogP) is 0.944. The van der Waals surface area contributed by atoms with E-state index in [0.29, 0.717) is 18.6 Å². The SMILES string of the molecule is CCOC(=O)C(CN1CCN(C(C)C)CC1)(NC)C1CC1. The van der Waals surface area contributed by atoms with Gasteiger partial charge in [-0.3, -0.25) is 9.80 Å². The van der Waals surface area contributed by atoms with Gasteiger partial charge in [0, 0.05) is 38.8 Å². The highest BCUT2D eigenvalue weighted by Crippen LogP contribution is 2.41. The van der Waals surface area contributed by atoms with Crippen molar-refractivity contribution in [3.05, 3.63) is 0 Å². The number of piperazine rings is 1. The van der Waals surface area contributed by atoms with Crippen LogP contribution in [0.2, 0.25) is 0 Å². The van der Waals surface area contributed by atoms with Crippen LogP contribution in [0.1, 0.15) is 33.6 Å². The molecule has 1 saturated carbocycles. The standard InChI is InChI=1S/C16H31N3O2/c1-5-21-15(20)16(17-4,14-6-7-14)12-18-8-10-19(11-9-18)13(2)3/h13-14,17H,5-12H2,1-4H3. The third kappa shape index (κ3) is 3.76. The first kappa shape index (κ1) is 16.7. The van der Waals surface area contributed by atoms with Gasteiger partial charge in [0.15, 0.2) is 0 Å². The average molecular weight is 297 g/mol. The monoisotopic (exact) mass is 297 g/mol. The van der Waals surface area contributed by atoms with Crippen LogP contribution in [0.3, 0.4) is 0 Å². The third-order valence-corrected chi connectivity index (χ3v) is 4.97. The molecule has 0 amide bonds. The van der Waals surface area contributed by atoms with Crippen molar-refractivity contribution >= 4 is 5.97 Å². The maximum Gasteiger partial charge on any atom is 0.327 e. The van der Waals surface area contributed by atoms with Crippen LogP contribution in [0.25, 0.3) is 0 Å². The Labute approximate surface area is 129 Å². The molecule has 5 nitrogen and oxygen atoms in total. The molecular weight excluding hydrogens is 266 g/mol. The molecule has 0 radical (unpaired) electrons. The molecule has 2 fully saturated rings. The van der Waals surface area contributed by atoms with Gasteiger partial charge in [0.2, 0.25) is 0 Å². The van der Waals surface area contributed by atoms with Gasteiger partial charge in [0.25, 0.3) is 0 Å². The number of likely N-dealkylation sites (N-methyl/N-ethyl adjacent to an activating group) is 1. The highest BCUT2D eigenvalue weighted by Gasteiger charge is 2.52. The lowest BCUT2D eigenvalue weighted by Gasteiger charge is -2.41. The first-order valence-electron chi connectivity index (χ1n) is 8.36. The van der Waals surface area contributed by atoms with Crippen LogP contribution >= 0.6 is 0 Å². The molecule has 2 rings (SSSR count). The van der Waals surface area contributed by atoms with Crippen LogP contribution in [0.5, 0.6) is 0 Å². The van der Waals surface area contributed by atoms with Crippen LogP contribution < -0.4 is 5.32 Å². The Balaban J connectivity index is 1.98. The Morgan fingerprint density at radius 2 is 1.90 bits per heavy atom. The predicted molar refractivity (Wildman–Crippen MR) is 84.3 cm³/mol. The summed E-state index contributed by atoms with van der Waals surface area (Å²) in [6.07, 6.45) is 2.26. The van der Waals surface area contributed by atoms with Gasteiger partial charge in [-0.15, -0.1) is 0 Å². The van der Waals surface area contributed by atoms with Crippen LogP contribution in [0.15, 0.2) is 0 Å². The number of ether oxygens (including phenoxy) is 1. The fourth-order valence-electron chi connectivity index (χ4n) is 3.37. The van der Waals surface area contributed by atoms with E-state index in [1.165, 1.54) is 0 Å². The molecule has 1 aliphatic heterocycles. The van der Waals surface area contributed by atoms with Crippen molar-refractivity contribution in [3.63, 3.8) is 0 Å². The number of nitrogens with one attached hydrogen (secondary N) is 1. The van der Waals surface area contributed by atoms with Crippen molar-refractivity contribution in [2.75, 3.05) is 46.4 Å². The summed E-state index contributed by atoms with van der Waals surface area (Å²) in [6, 6.07) is 0.606. The number of carbonyl (C=O) groups excluding carboxylic acids is 1. The van der Waals surface area contributed by atoms with Gasteiger partial charge in [-0.05, 0) is 46.6 Å². The fourth-order valence-corrected chi connectivity index (χ4v) is 3.37. The van der Waals surface area contributed by atoms with Crippen molar-refractivity contribution < 1.29 is 9.53 Å². The van der Waals surface area contributed by atoms with Gasteiger partial charge in [-0.1, -0.05) is 0 Å². The molecule has 1 saturated heterocycles. The number of esters is 1. The molecule has 0 bridgehead atoms. The molecule has 2 aliphatic rings. The second kappa shape index (κ2) is 7.07. The Bertz CT molecular complexity index is 349. The van der Waals surface area contributed by atoms with E-state index in [9.17, 15) is 4.79 Å². The van der Waals surface area contributed by atoms with Gasteiger partial charge in [-0.25, -0.2) is 4.79 Å². The molecule has 5 heteroatoms. The second-order valence-corrected chi connectivity index (χ2v) is 6.62. The van der Waals surface area contributed by atoms with Gasteiger partial charge in [0.1, 0.15) is 5.54 Å². The van der Waals surface area contributed by atoms with E-state index in [1.54, 1.807) is 0 Å². The van der Waals surface area contributed by atoms with Gasteiger partial charge < -0.3 is 10.1 Å². The Kier molecular flexibility index (Phi) is 5.63. The lowest BCUT2D eigenvalue weighted by atomic mass is 9.92. The highest BCUT2D eigenvalue weighted by molar-refractivity contribution is 5.82. The van der Waals surface area contributed by atoms with Crippen LogP contribution in [0, 0.1) is 5.92 Å². The highest BCUT2D eigenvalue weighted by atomic mass is 16.5. The van der Waals surface area contributed by atoms with Crippen molar-refractivity contribution in [1.29, 1.82) is 0 Å². The maximum atomic E-state index is 12.5. The molecule has 1 unspecified atom stereocenters. The summed E-state index contributed by atoms with van der Waals surface area (Å²) in [6.45, 7) is 11.9. The van der Waals surface area contributed by atoms with Gasteiger partial charge in [0.05, 0.1) is 6.61 Å². The first-order valence-corrected chi connectivity index (χ1v) is 8.36. The van der Waals surface area contributed by atoms with Gasteiger partial charge >= 0.3 is 5.97 Å². The van der Waals surface area contributed by atoms with E-state index >= 15 is 0 Å². The lowest BCUT2D eigenvalue weighted by molar-refractivity contribution is -0.153. The average Bonchev–Trinajstić information content (AvgIpc) is 3.30. The molecule has 1 N–H and O–H groups in total. The first-order chi connectivity index (χ1) is 10.0. The summed E-state index contributed by atoms with van der Waals surface area (Å²) in [5, 5.41) is 3.31. The second-order valence-electron chi connectivity index (χ2n) is 6.62. The summed E-state index contributed by atoms with van der Waals surface area (Å²) >= 11 is 0. The van der Waals surface area contributed by atoms with Crippen molar-refractivity contribution in [2.45, 2.75) is 45.2 Å². The number of nitrogens with zero attached hydrogens (tertiary/aromatic N) is 2. The topological polar surface area (TPSA) is 44.8 Å². The maximum absolute atomic E-state index is 12.5. The smallest absolute Gasteiger partial charge is 0.327 e. The molecular formula is C16H31N3O2. The Hall–Kier alpha value is -0.650. The van der Waals surface area contributed by atoms with Crippen molar-refractivity contribution in [3.8, 4) is 0 Å². The molecule has 1 atom stereocenters. The molecule has 21 heavy (non-hydrogen) atoms. The molecule has 122 valence electrons. The lowest BCUT2D eigenvalue weighted by Crippen LogP contribution is -2.62. The number of hydrogen-bond acceptors (Lipinski definition) is 5. The fraction of sp³-hybridized carbons (Fsp3) is 0.938. The zero-order valence-electron chi connectivity index (χ0n) is 14.0. The third-order valence-electron chi connectivity index (χ3n) is 4.97. The molecule has 0 aromatic rings. The molecule has 0 aromatic carbocycles. The van der Waals surface area contributed by atoms with Gasteiger partial charge in [-0.2, -0.15) is 0 Å². The van der Waals surface area contributed by atoms with E-state index in [4.69, 9.17) is 4.74 Å². The molecule has 0 aromatic heterocycles. The number of rotatable bonds is 7. The normalized spacial score (nSPS) is 24.0. The summed E-state index contributed by atoms with van der Waals surface area (Å²) in [7, 11) is 1.90. The van der Waals surface area contributed by atoms with E-state index in [2.05, 4.69) is 29.0 Å². The minimum absolute atomic E-state index is 0.0683. The van der Waals surface area contributed by atoms with E-state index < -0.39 is 5.54 Å². The number of hydrogen-bond donors (Lipinski definition) is 1. The van der Waals surface area contributed by atoms with Crippen LogP contribution in [-0.2, 0) is 9.53 Å².